The highest BCUT2D eigenvalue weighted by molar-refractivity contribution is 5.49. The number of nitrogens with two attached hydrogens (primary N) is 2. The van der Waals surface area contributed by atoms with E-state index in [4.69, 9.17) is 11.5 Å². The van der Waals surface area contributed by atoms with Crippen molar-refractivity contribution in [1.29, 1.82) is 0 Å². The van der Waals surface area contributed by atoms with Crippen LogP contribution >= 0.6 is 0 Å². The van der Waals surface area contributed by atoms with Crippen molar-refractivity contribution in [2.75, 3.05) is 11.5 Å². The van der Waals surface area contributed by atoms with Crippen LogP contribution in [0, 0.1) is 5.82 Å². The average molecular weight is 192 g/mol. The Bertz CT molecular complexity index is 464. The van der Waals surface area contributed by atoms with Gasteiger partial charge < -0.3 is 11.5 Å². The van der Waals surface area contributed by atoms with Gasteiger partial charge in [0, 0.05) is 6.07 Å². The van der Waals surface area contributed by atoms with Crippen LogP contribution in [-0.2, 0) is 0 Å². The number of para-hydroxylation sites is 1. The molecule has 2 aromatic rings. The first kappa shape index (κ1) is 8.55. The first-order valence-corrected chi connectivity index (χ1v) is 4.04. The summed E-state index contributed by atoms with van der Waals surface area (Å²) in [5, 5.41) is 3.87. The van der Waals surface area contributed by atoms with Crippen LogP contribution in [0.25, 0.3) is 5.69 Å². The predicted molar refractivity (Wildman–Crippen MR) is 52.3 cm³/mol. The summed E-state index contributed by atoms with van der Waals surface area (Å²) in [6.07, 6.45) is 0. The van der Waals surface area contributed by atoms with Crippen molar-refractivity contribution in [1.82, 2.24) is 9.78 Å². The van der Waals surface area contributed by atoms with Crippen LogP contribution in [0.15, 0.2) is 30.3 Å². The maximum Gasteiger partial charge on any atom is 0.148 e. The van der Waals surface area contributed by atoms with E-state index in [0.717, 1.165) is 0 Å². The van der Waals surface area contributed by atoms with E-state index >= 15 is 0 Å². The highest BCUT2D eigenvalue weighted by Gasteiger charge is 2.08. The van der Waals surface area contributed by atoms with E-state index < -0.39 is 0 Å². The van der Waals surface area contributed by atoms with Crippen LogP contribution < -0.4 is 11.5 Å². The number of aromatic nitrogens is 2. The third-order valence-corrected chi connectivity index (χ3v) is 1.84. The van der Waals surface area contributed by atoms with Crippen molar-refractivity contribution in [3.8, 4) is 5.69 Å². The van der Waals surface area contributed by atoms with Crippen molar-refractivity contribution < 1.29 is 4.39 Å². The lowest BCUT2D eigenvalue weighted by Crippen LogP contribution is -2.03. The predicted octanol–water partition coefficient (Wildman–Crippen LogP) is 1.18. The molecular formula is C9H9FN4. The Morgan fingerprint density at radius 3 is 2.50 bits per heavy atom. The monoisotopic (exact) mass is 192 g/mol. The number of hydrogen-bond acceptors (Lipinski definition) is 3. The number of nitrogen functional groups attached to an aromatic ring is 2. The van der Waals surface area contributed by atoms with Gasteiger partial charge in [0.15, 0.2) is 0 Å². The van der Waals surface area contributed by atoms with Gasteiger partial charge >= 0.3 is 0 Å². The maximum atomic E-state index is 13.3. The summed E-state index contributed by atoms with van der Waals surface area (Å²) in [7, 11) is 0. The van der Waals surface area contributed by atoms with Gasteiger partial charge in [0.1, 0.15) is 23.1 Å². The van der Waals surface area contributed by atoms with Gasteiger partial charge in [-0.25, -0.2) is 9.07 Å². The van der Waals surface area contributed by atoms with Crippen molar-refractivity contribution >= 4 is 11.6 Å². The van der Waals surface area contributed by atoms with Gasteiger partial charge in [-0.1, -0.05) is 12.1 Å². The Morgan fingerprint density at radius 2 is 1.93 bits per heavy atom. The van der Waals surface area contributed by atoms with E-state index in [0.29, 0.717) is 11.5 Å². The SMILES string of the molecule is Nc1cc(N)n(-c2ccccc2F)n1. The fourth-order valence-electron chi connectivity index (χ4n) is 1.23. The zero-order valence-electron chi connectivity index (χ0n) is 7.31. The van der Waals surface area contributed by atoms with Gasteiger partial charge in [0.05, 0.1) is 0 Å². The Labute approximate surface area is 79.9 Å². The van der Waals surface area contributed by atoms with E-state index in [-0.39, 0.29) is 11.6 Å². The molecule has 14 heavy (non-hydrogen) atoms. The van der Waals surface area contributed by atoms with Crippen LogP contribution in [0.5, 0.6) is 0 Å². The van der Waals surface area contributed by atoms with Crippen LogP contribution in [0.2, 0.25) is 0 Å². The first-order valence-electron chi connectivity index (χ1n) is 4.04. The van der Waals surface area contributed by atoms with Crippen LogP contribution in [0.3, 0.4) is 0 Å². The molecule has 0 bridgehead atoms. The lowest BCUT2D eigenvalue weighted by molar-refractivity contribution is 0.612. The van der Waals surface area contributed by atoms with Crippen LogP contribution in [0.4, 0.5) is 16.0 Å². The van der Waals surface area contributed by atoms with E-state index in [9.17, 15) is 4.39 Å². The number of anilines is 2. The molecule has 0 spiro atoms. The molecule has 0 saturated carbocycles. The number of rotatable bonds is 1. The normalized spacial score (nSPS) is 10.4. The van der Waals surface area contributed by atoms with E-state index in [1.54, 1.807) is 18.2 Å². The van der Waals surface area contributed by atoms with Gasteiger partial charge in [-0.05, 0) is 12.1 Å². The number of hydrogen-bond donors (Lipinski definition) is 2. The topological polar surface area (TPSA) is 69.9 Å². The molecule has 4 nitrogen and oxygen atoms in total. The molecule has 0 radical (unpaired) electrons. The summed E-state index contributed by atoms with van der Waals surface area (Å²) >= 11 is 0. The van der Waals surface area contributed by atoms with Crippen LogP contribution in [0.1, 0.15) is 0 Å². The van der Waals surface area contributed by atoms with Crippen molar-refractivity contribution in [3.05, 3.63) is 36.1 Å². The molecule has 0 amide bonds. The Balaban J connectivity index is 2.60. The fourth-order valence-corrected chi connectivity index (χ4v) is 1.23. The molecule has 2 rings (SSSR count). The van der Waals surface area contributed by atoms with Crippen molar-refractivity contribution in [3.63, 3.8) is 0 Å². The van der Waals surface area contributed by atoms with Gasteiger partial charge in [-0.2, -0.15) is 0 Å². The quantitative estimate of drug-likeness (QED) is 0.712. The smallest absolute Gasteiger partial charge is 0.148 e. The van der Waals surface area contributed by atoms with Gasteiger partial charge in [0.2, 0.25) is 0 Å². The number of halogens is 1. The second-order valence-electron chi connectivity index (χ2n) is 2.86. The summed E-state index contributed by atoms with van der Waals surface area (Å²) in [5.41, 5.74) is 11.3. The molecule has 0 unspecified atom stereocenters. The molecule has 5 heteroatoms. The highest BCUT2D eigenvalue weighted by Crippen LogP contribution is 2.17. The molecule has 0 aliphatic rings. The number of benzene rings is 1. The molecule has 72 valence electrons. The van der Waals surface area contributed by atoms with Crippen LogP contribution in [-0.4, -0.2) is 9.78 Å². The van der Waals surface area contributed by atoms with Crippen molar-refractivity contribution in [2.24, 2.45) is 0 Å². The lowest BCUT2D eigenvalue weighted by atomic mass is 10.3. The minimum Gasteiger partial charge on any atom is -0.384 e. The summed E-state index contributed by atoms with van der Waals surface area (Å²) in [6.45, 7) is 0. The number of nitrogens with zero attached hydrogens (tertiary/aromatic N) is 2. The molecule has 0 fully saturated rings. The summed E-state index contributed by atoms with van der Waals surface area (Å²) in [5.74, 6) is 0.195. The average Bonchev–Trinajstić information content (AvgIpc) is 2.46. The Kier molecular flexibility index (Phi) is 1.85. The van der Waals surface area contributed by atoms with Gasteiger partial charge in [-0.3, -0.25) is 0 Å². The maximum absolute atomic E-state index is 13.3. The molecule has 1 aromatic carbocycles. The van der Waals surface area contributed by atoms with E-state index in [1.807, 2.05) is 0 Å². The first-order chi connectivity index (χ1) is 6.68. The Hall–Kier alpha value is -2.04. The van der Waals surface area contributed by atoms with E-state index in [1.165, 1.54) is 16.8 Å². The Morgan fingerprint density at radius 1 is 1.21 bits per heavy atom. The summed E-state index contributed by atoms with van der Waals surface area (Å²) in [6, 6.07) is 7.70. The second-order valence-corrected chi connectivity index (χ2v) is 2.86. The second kappa shape index (κ2) is 3.02. The van der Waals surface area contributed by atoms with Gasteiger partial charge in [0.25, 0.3) is 0 Å². The third kappa shape index (κ3) is 1.28. The molecule has 0 aliphatic carbocycles. The molecule has 4 N–H and O–H groups in total. The standard InChI is InChI=1S/C9H9FN4/c10-6-3-1-2-4-7(6)14-9(12)5-8(11)13-14/h1-5H,12H2,(H2,11,13). The molecule has 0 saturated heterocycles. The molecule has 0 aliphatic heterocycles. The minimum atomic E-state index is -0.387. The highest BCUT2D eigenvalue weighted by atomic mass is 19.1. The summed E-state index contributed by atoms with van der Waals surface area (Å²) in [4.78, 5) is 0. The van der Waals surface area contributed by atoms with E-state index in [2.05, 4.69) is 5.10 Å². The zero-order chi connectivity index (χ0) is 10.1. The molecule has 1 aromatic heterocycles. The fraction of sp³-hybridized carbons (Fsp3) is 0. The molecule has 0 atom stereocenters. The minimum absolute atomic E-state index is 0.269. The lowest BCUT2D eigenvalue weighted by Gasteiger charge is -2.03. The summed E-state index contributed by atoms with van der Waals surface area (Å²) < 4.78 is 14.6. The van der Waals surface area contributed by atoms with Gasteiger partial charge in [-0.15, -0.1) is 5.10 Å². The zero-order valence-corrected chi connectivity index (χ0v) is 7.31. The molecular weight excluding hydrogens is 183 g/mol. The largest absolute Gasteiger partial charge is 0.384 e. The van der Waals surface area contributed by atoms with Crippen molar-refractivity contribution in [2.45, 2.75) is 0 Å². The third-order valence-electron chi connectivity index (χ3n) is 1.84. The molecule has 1 heterocycles.